The Morgan fingerprint density at radius 3 is 1.70 bits per heavy atom. The van der Waals surface area contributed by atoms with Gasteiger partial charge < -0.3 is 0 Å². The van der Waals surface area contributed by atoms with Gasteiger partial charge in [-0.15, -0.1) is 24.8 Å². The Morgan fingerprint density at radius 2 is 1.40 bits per heavy atom. The first-order valence-corrected chi connectivity index (χ1v) is 3.49. The fraction of sp³-hybridized carbons (Fsp3) is 0. The van der Waals surface area contributed by atoms with Crippen molar-refractivity contribution >= 4 is 28.1 Å². The van der Waals surface area contributed by atoms with Crippen LogP contribution in [0, 0.1) is 5.82 Å². The van der Waals surface area contributed by atoms with Gasteiger partial charge in [0.2, 0.25) is 0 Å². The van der Waals surface area contributed by atoms with Crippen LogP contribution >= 0.6 is 24.8 Å². The third-order valence-electron chi connectivity index (χ3n) is 0.844. The van der Waals surface area contributed by atoms with E-state index in [4.69, 9.17) is 0 Å². The van der Waals surface area contributed by atoms with Crippen molar-refractivity contribution in [1.82, 2.24) is 0 Å². The second-order valence-corrected chi connectivity index (χ2v) is 2.93. The molecule has 0 unspecified atom stereocenters. The second-order valence-electron chi connectivity index (χ2n) is 1.51. The summed E-state index contributed by atoms with van der Waals surface area (Å²) in [5.74, 6) is -0.156. The molecule has 1 rings (SSSR count). The molecule has 0 heterocycles. The van der Waals surface area contributed by atoms with Crippen LogP contribution in [0.2, 0.25) is 0 Å². The van der Waals surface area contributed by atoms with Gasteiger partial charge in [-0.25, -0.2) is 0 Å². The average molecular weight is 259 g/mol. The van der Waals surface area contributed by atoms with Crippen LogP contribution in [0.4, 0.5) is 4.39 Å². The van der Waals surface area contributed by atoms with E-state index < -0.39 is 0 Å². The fourth-order valence-corrected chi connectivity index (χ4v) is 0.860. The molecule has 0 nitrogen and oxygen atoms in total. The molecule has 0 aromatic heterocycles. The molecule has 0 saturated heterocycles. The summed E-state index contributed by atoms with van der Waals surface area (Å²) >= 11 is 1.33. The van der Waals surface area contributed by atoms with Gasteiger partial charge in [0.15, 0.2) is 0 Å². The molecule has 10 heavy (non-hydrogen) atoms. The number of benzene rings is 1. The molecule has 0 N–H and O–H groups in total. The van der Waals surface area contributed by atoms with E-state index in [1.807, 2.05) is 0 Å². The Kier molecular flexibility index (Phi) is 8.37. The van der Waals surface area contributed by atoms with Crippen molar-refractivity contribution in [2.45, 2.75) is 0 Å². The molecule has 0 fully saturated rings. The van der Waals surface area contributed by atoms with Gasteiger partial charge in [0.05, 0.1) is 0 Å². The molecule has 0 aliphatic carbocycles. The predicted octanol–water partition coefficient (Wildman–Crippen LogP) is 1.84. The van der Waals surface area contributed by atoms with Crippen LogP contribution in [0.3, 0.4) is 0 Å². The zero-order chi connectivity index (χ0) is 5.98. The Morgan fingerprint density at radius 1 is 1.00 bits per heavy atom. The van der Waals surface area contributed by atoms with E-state index >= 15 is 0 Å². The first-order chi connectivity index (χ1) is 3.79. The SMILES string of the molecule is Cl.Cl.Fc1cc[c]([Zr])cc1. The van der Waals surface area contributed by atoms with Crippen molar-refractivity contribution in [3.8, 4) is 0 Å². The van der Waals surface area contributed by atoms with Crippen molar-refractivity contribution < 1.29 is 29.1 Å². The van der Waals surface area contributed by atoms with Crippen LogP contribution in [0.1, 0.15) is 0 Å². The standard InChI is InChI=1S/C6H4F.2ClH.Zr/c7-6-4-2-1-3-5-6;;;/h2-5H;2*1H;. The van der Waals surface area contributed by atoms with Gasteiger partial charge in [-0.2, -0.15) is 0 Å². The van der Waals surface area contributed by atoms with Gasteiger partial charge >= 0.3 is 62.5 Å². The van der Waals surface area contributed by atoms with Gasteiger partial charge in [-0.05, 0) is 0 Å². The second kappa shape index (κ2) is 6.33. The van der Waals surface area contributed by atoms with Crippen molar-refractivity contribution in [1.29, 1.82) is 0 Å². The first-order valence-electron chi connectivity index (χ1n) is 2.26. The van der Waals surface area contributed by atoms with E-state index in [-0.39, 0.29) is 30.6 Å². The molecule has 0 bridgehead atoms. The van der Waals surface area contributed by atoms with Crippen molar-refractivity contribution in [3.63, 3.8) is 0 Å². The molecule has 0 aliphatic heterocycles. The van der Waals surface area contributed by atoms with Gasteiger partial charge in [0.1, 0.15) is 0 Å². The number of hydrogen-bond acceptors (Lipinski definition) is 0. The molecule has 0 aliphatic rings. The minimum atomic E-state index is -0.156. The monoisotopic (exact) mass is 257 g/mol. The molecule has 4 heteroatoms. The summed E-state index contributed by atoms with van der Waals surface area (Å²) < 4.78 is 13.3. The van der Waals surface area contributed by atoms with Crippen LogP contribution in [0.5, 0.6) is 0 Å². The van der Waals surface area contributed by atoms with E-state index in [2.05, 4.69) is 0 Å². The third kappa shape index (κ3) is 4.43. The Bertz CT molecular complexity index is 155. The maximum absolute atomic E-state index is 12.1. The maximum atomic E-state index is 12.1. The molecule has 0 saturated carbocycles. The molecule has 0 spiro atoms. The number of rotatable bonds is 0. The quantitative estimate of drug-likeness (QED) is 0.667. The summed E-state index contributed by atoms with van der Waals surface area (Å²) in [5, 5.41) is 0. The molecule has 0 atom stereocenters. The minimum absolute atomic E-state index is 0. The summed E-state index contributed by atoms with van der Waals surface area (Å²) in [6.07, 6.45) is 0. The normalized spacial score (nSPS) is 7.20. The zero-order valence-electron chi connectivity index (χ0n) is 5.00. The van der Waals surface area contributed by atoms with Gasteiger partial charge in [0, 0.05) is 0 Å². The topological polar surface area (TPSA) is 0 Å². The Hall–Kier alpha value is 0.613. The Labute approximate surface area is 86.9 Å². The van der Waals surface area contributed by atoms with Gasteiger partial charge in [0.25, 0.3) is 0 Å². The molecule has 55 valence electrons. The van der Waals surface area contributed by atoms with Crippen LogP contribution < -0.4 is 3.27 Å². The number of halogens is 3. The van der Waals surface area contributed by atoms with E-state index in [1.165, 1.54) is 40.1 Å². The molecule has 0 radical (unpaired) electrons. The van der Waals surface area contributed by atoms with Crippen molar-refractivity contribution in [2.75, 3.05) is 0 Å². The van der Waals surface area contributed by atoms with Gasteiger partial charge in [-0.3, -0.25) is 0 Å². The van der Waals surface area contributed by atoms with Crippen LogP contribution in [0.15, 0.2) is 24.3 Å². The van der Waals surface area contributed by atoms with Crippen LogP contribution in [-0.2, 0) is 24.7 Å². The third-order valence-corrected chi connectivity index (χ3v) is 1.66. The van der Waals surface area contributed by atoms with E-state index in [1.54, 1.807) is 12.1 Å². The van der Waals surface area contributed by atoms with Crippen LogP contribution in [0.25, 0.3) is 0 Å². The summed E-state index contributed by atoms with van der Waals surface area (Å²) in [6.45, 7) is 0. The van der Waals surface area contributed by atoms with E-state index in [0.29, 0.717) is 0 Å². The Balaban J connectivity index is 0. The van der Waals surface area contributed by atoms with Crippen molar-refractivity contribution in [2.24, 2.45) is 0 Å². The summed E-state index contributed by atoms with van der Waals surface area (Å²) in [7, 11) is 0. The summed E-state index contributed by atoms with van der Waals surface area (Å²) in [5.41, 5.74) is 0. The molecular weight excluding hydrogens is 253 g/mol. The fourth-order valence-electron chi connectivity index (χ4n) is 0.450. The van der Waals surface area contributed by atoms with Gasteiger partial charge in [-0.1, -0.05) is 0 Å². The molecular formula is C6H6Cl2FZr. The summed E-state index contributed by atoms with van der Waals surface area (Å²) in [6, 6.07) is 6.52. The molecule has 0 amide bonds. The van der Waals surface area contributed by atoms with Crippen molar-refractivity contribution in [3.05, 3.63) is 30.1 Å². The van der Waals surface area contributed by atoms with E-state index in [9.17, 15) is 4.39 Å². The van der Waals surface area contributed by atoms with Crippen LogP contribution in [-0.4, -0.2) is 0 Å². The zero-order valence-corrected chi connectivity index (χ0v) is 9.09. The predicted molar refractivity (Wildman–Crippen MR) is 40.5 cm³/mol. The molecule has 1 aromatic carbocycles. The summed E-state index contributed by atoms with van der Waals surface area (Å²) in [4.78, 5) is 0. The first kappa shape index (κ1) is 13.2. The average Bonchev–Trinajstić information content (AvgIpc) is 1.77. The molecule has 1 aromatic rings. The van der Waals surface area contributed by atoms with E-state index in [0.717, 1.165) is 0 Å². The number of hydrogen-bond donors (Lipinski definition) is 0.